The van der Waals surface area contributed by atoms with Crippen LogP contribution in [0.15, 0.2) is 16.6 Å². The molecule has 2 aliphatic heterocycles. The molecule has 0 aromatic carbocycles. The van der Waals surface area contributed by atoms with Gasteiger partial charge in [0.2, 0.25) is 0 Å². The van der Waals surface area contributed by atoms with Gasteiger partial charge < -0.3 is 10.1 Å². The third-order valence-electron chi connectivity index (χ3n) is 3.24. The van der Waals surface area contributed by atoms with Gasteiger partial charge in [0.15, 0.2) is 6.23 Å². The van der Waals surface area contributed by atoms with Crippen LogP contribution >= 0.6 is 0 Å². The van der Waals surface area contributed by atoms with Crippen LogP contribution in [0.5, 0.6) is 0 Å². The van der Waals surface area contributed by atoms with E-state index in [9.17, 15) is 0 Å². The van der Waals surface area contributed by atoms with Gasteiger partial charge in [-0.25, -0.2) is 0 Å². The third-order valence-corrected chi connectivity index (χ3v) is 3.24. The molecule has 15 heavy (non-hydrogen) atoms. The van der Waals surface area contributed by atoms with Crippen molar-refractivity contribution in [3.8, 4) is 0 Å². The zero-order valence-corrected chi connectivity index (χ0v) is 9.41. The molecule has 0 spiro atoms. The van der Waals surface area contributed by atoms with Crippen molar-refractivity contribution >= 4 is 6.21 Å². The lowest BCUT2D eigenvalue weighted by Gasteiger charge is -2.24. The van der Waals surface area contributed by atoms with E-state index in [1.165, 1.54) is 37.9 Å². The number of methoxy groups -OCH3 is 1. The zero-order valence-electron chi connectivity index (χ0n) is 9.41. The van der Waals surface area contributed by atoms with Gasteiger partial charge in [0.25, 0.3) is 0 Å². The summed E-state index contributed by atoms with van der Waals surface area (Å²) in [6.07, 6.45) is 9.08. The highest BCUT2D eigenvalue weighted by molar-refractivity contribution is 5.79. The molecule has 0 radical (unpaired) electrons. The maximum absolute atomic E-state index is 5.18. The van der Waals surface area contributed by atoms with E-state index in [2.05, 4.69) is 16.4 Å². The molecular formula is C12H20N2O. The van der Waals surface area contributed by atoms with E-state index in [0.717, 1.165) is 12.3 Å². The molecule has 0 amide bonds. The number of nitrogens with zero attached hydrogens (tertiary/aromatic N) is 1. The first-order chi connectivity index (χ1) is 7.38. The van der Waals surface area contributed by atoms with Crippen molar-refractivity contribution in [2.45, 2.75) is 31.9 Å². The quantitative estimate of drug-likeness (QED) is 0.766. The molecule has 0 bridgehead atoms. The van der Waals surface area contributed by atoms with Gasteiger partial charge in [-0.1, -0.05) is 6.08 Å². The molecule has 0 saturated carbocycles. The number of allylic oxidation sites excluding steroid dienone is 1. The Morgan fingerprint density at radius 1 is 1.47 bits per heavy atom. The summed E-state index contributed by atoms with van der Waals surface area (Å²) in [5, 5.41) is 3.40. The lowest BCUT2D eigenvalue weighted by Crippen LogP contribution is -2.28. The lowest BCUT2D eigenvalue weighted by atomic mass is 9.90. The van der Waals surface area contributed by atoms with Crippen molar-refractivity contribution in [3.05, 3.63) is 11.6 Å². The fraction of sp³-hybridized carbons (Fsp3) is 0.750. The molecule has 3 heteroatoms. The summed E-state index contributed by atoms with van der Waals surface area (Å²) in [7, 11) is 1.72. The molecule has 2 rings (SSSR count). The largest absolute Gasteiger partial charge is 0.359 e. The maximum Gasteiger partial charge on any atom is 0.151 e. The van der Waals surface area contributed by atoms with Gasteiger partial charge in [0.05, 0.1) is 0 Å². The molecule has 1 atom stereocenters. The Morgan fingerprint density at radius 2 is 2.27 bits per heavy atom. The molecule has 2 heterocycles. The van der Waals surface area contributed by atoms with Crippen molar-refractivity contribution < 1.29 is 4.74 Å². The van der Waals surface area contributed by atoms with E-state index < -0.39 is 0 Å². The predicted molar refractivity (Wildman–Crippen MR) is 62.2 cm³/mol. The van der Waals surface area contributed by atoms with Crippen LogP contribution in [0.3, 0.4) is 0 Å². The summed E-state index contributed by atoms with van der Waals surface area (Å²) < 4.78 is 5.18. The Balaban J connectivity index is 1.80. The van der Waals surface area contributed by atoms with Gasteiger partial charge in [0.1, 0.15) is 0 Å². The van der Waals surface area contributed by atoms with Crippen LogP contribution in [0, 0.1) is 5.92 Å². The lowest BCUT2D eigenvalue weighted by molar-refractivity contribution is 0.112. The number of aliphatic imine (C=N–C) groups is 1. The van der Waals surface area contributed by atoms with Crippen molar-refractivity contribution in [1.82, 2.24) is 5.32 Å². The van der Waals surface area contributed by atoms with E-state index >= 15 is 0 Å². The van der Waals surface area contributed by atoms with Gasteiger partial charge in [-0.15, -0.1) is 0 Å². The van der Waals surface area contributed by atoms with Crippen LogP contribution in [0.1, 0.15) is 25.7 Å². The highest BCUT2D eigenvalue weighted by Crippen LogP contribution is 2.22. The van der Waals surface area contributed by atoms with Crippen LogP contribution in [0.4, 0.5) is 0 Å². The molecule has 1 saturated heterocycles. The molecular weight excluding hydrogens is 188 g/mol. The molecule has 1 fully saturated rings. The van der Waals surface area contributed by atoms with Crippen LogP contribution in [-0.2, 0) is 4.74 Å². The van der Waals surface area contributed by atoms with E-state index in [1.807, 2.05) is 6.21 Å². The van der Waals surface area contributed by atoms with Gasteiger partial charge in [0, 0.05) is 19.7 Å². The summed E-state index contributed by atoms with van der Waals surface area (Å²) in [6.45, 7) is 2.35. The number of ether oxygens (including phenoxy) is 1. The minimum atomic E-state index is 0.0572. The van der Waals surface area contributed by atoms with E-state index in [-0.39, 0.29) is 6.23 Å². The Kier molecular flexibility index (Phi) is 3.92. The number of piperidine rings is 1. The number of hydrogen-bond donors (Lipinski definition) is 1. The summed E-state index contributed by atoms with van der Waals surface area (Å²) in [4.78, 5) is 4.36. The summed E-state index contributed by atoms with van der Waals surface area (Å²) in [6, 6.07) is 0. The minimum Gasteiger partial charge on any atom is -0.359 e. The first-order valence-corrected chi connectivity index (χ1v) is 5.84. The van der Waals surface area contributed by atoms with Gasteiger partial charge in [-0.3, -0.25) is 4.99 Å². The monoisotopic (exact) mass is 208 g/mol. The molecule has 0 aromatic rings. The van der Waals surface area contributed by atoms with Crippen molar-refractivity contribution in [2.24, 2.45) is 10.9 Å². The summed E-state index contributed by atoms with van der Waals surface area (Å²) >= 11 is 0. The Bertz CT molecular complexity index is 254. The predicted octanol–water partition coefficient (Wildman–Crippen LogP) is 1.75. The zero-order chi connectivity index (χ0) is 10.5. The van der Waals surface area contributed by atoms with Crippen LogP contribution in [-0.4, -0.2) is 32.6 Å². The average molecular weight is 208 g/mol. The SMILES string of the molecule is COC1CC=C(CC2CCNCC2)C=N1. The van der Waals surface area contributed by atoms with Crippen LogP contribution in [0.25, 0.3) is 0 Å². The fourth-order valence-corrected chi connectivity index (χ4v) is 2.26. The van der Waals surface area contributed by atoms with Crippen molar-refractivity contribution in [1.29, 1.82) is 0 Å². The summed E-state index contributed by atoms with van der Waals surface area (Å²) in [5.74, 6) is 0.850. The smallest absolute Gasteiger partial charge is 0.151 e. The van der Waals surface area contributed by atoms with E-state index in [4.69, 9.17) is 4.74 Å². The second-order valence-corrected chi connectivity index (χ2v) is 4.38. The molecule has 84 valence electrons. The molecule has 2 aliphatic rings. The first kappa shape index (κ1) is 10.8. The second kappa shape index (κ2) is 5.42. The van der Waals surface area contributed by atoms with Crippen molar-refractivity contribution in [3.63, 3.8) is 0 Å². The molecule has 1 N–H and O–H groups in total. The molecule has 0 aliphatic carbocycles. The normalized spacial score (nSPS) is 27.8. The van der Waals surface area contributed by atoms with Crippen LogP contribution < -0.4 is 5.32 Å². The van der Waals surface area contributed by atoms with E-state index in [0.29, 0.717) is 0 Å². The fourth-order valence-electron chi connectivity index (χ4n) is 2.26. The molecule has 0 aromatic heterocycles. The molecule has 1 unspecified atom stereocenters. The molecule has 3 nitrogen and oxygen atoms in total. The van der Waals surface area contributed by atoms with Gasteiger partial charge in [-0.05, 0) is 43.8 Å². The average Bonchev–Trinajstić information content (AvgIpc) is 2.31. The number of nitrogens with one attached hydrogen (secondary N) is 1. The summed E-state index contributed by atoms with van der Waals surface area (Å²) in [5.41, 5.74) is 1.40. The number of hydrogen-bond acceptors (Lipinski definition) is 3. The van der Waals surface area contributed by atoms with Crippen LogP contribution in [0.2, 0.25) is 0 Å². The topological polar surface area (TPSA) is 33.6 Å². The number of dihydropyridines is 1. The van der Waals surface area contributed by atoms with Gasteiger partial charge >= 0.3 is 0 Å². The standard InChI is InChI=1S/C12H20N2O/c1-15-12-3-2-11(9-14-12)8-10-4-6-13-7-5-10/h2,9-10,12-13H,3-8H2,1H3. The van der Waals surface area contributed by atoms with Gasteiger partial charge in [-0.2, -0.15) is 0 Å². The number of rotatable bonds is 3. The minimum absolute atomic E-state index is 0.0572. The maximum atomic E-state index is 5.18. The third kappa shape index (κ3) is 3.14. The Hall–Kier alpha value is -0.670. The van der Waals surface area contributed by atoms with E-state index in [1.54, 1.807) is 7.11 Å². The highest BCUT2D eigenvalue weighted by Gasteiger charge is 2.16. The second-order valence-electron chi connectivity index (χ2n) is 4.38. The first-order valence-electron chi connectivity index (χ1n) is 5.84. The highest BCUT2D eigenvalue weighted by atomic mass is 16.5. The van der Waals surface area contributed by atoms with Crippen molar-refractivity contribution in [2.75, 3.05) is 20.2 Å². The Morgan fingerprint density at radius 3 is 2.87 bits per heavy atom. The Labute approximate surface area is 91.6 Å².